The maximum atomic E-state index is 10.5. The van der Waals surface area contributed by atoms with Gasteiger partial charge in [0.15, 0.2) is 0 Å². The molecule has 2 heteroatoms. The number of aliphatic hydroxyl groups is 1. The first-order valence-electron chi connectivity index (χ1n) is 7.43. The predicted molar refractivity (Wildman–Crippen MR) is 86.8 cm³/mol. The lowest BCUT2D eigenvalue weighted by molar-refractivity contribution is 0.219. The lowest BCUT2D eigenvalue weighted by Crippen LogP contribution is -2.11. The summed E-state index contributed by atoms with van der Waals surface area (Å²) in [5, 5.41) is 10.5. The van der Waals surface area contributed by atoms with Crippen molar-refractivity contribution >= 4 is 0 Å². The van der Waals surface area contributed by atoms with Gasteiger partial charge in [-0.25, -0.2) is 0 Å². The summed E-state index contributed by atoms with van der Waals surface area (Å²) in [7, 11) is 0. The first kappa shape index (κ1) is 15.6. The van der Waals surface area contributed by atoms with Crippen LogP contribution in [0, 0.1) is 0 Å². The highest BCUT2D eigenvalue weighted by Crippen LogP contribution is 2.28. The van der Waals surface area contributed by atoms with Crippen molar-refractivity contribution in [2.75, 3.05) is 6.61 Å². The molecule has 0 aliphatic heterocycles. The van der Waals surface area contributed by atoms with Crippen molar-refractivity contribution in [3.63, 3.8) is 0 Å². The Labute approximate surface area is 127 Å². The Morgan fingerprint density at radius 3 is 2.24 bits per heavy atom. The first-order chi connectivity index (χ1) is 9.91. The quantitative estimate of drug-likeness (QED) is 0.898. The van der Waals surface area contributed by atoms with Gasteiger partial charge >= 0.3 is 0 Å². The van der Waals surface area contributed by atoms with Crippen molar-refractivity contribution in [1.82, 2.24) is 0 Å². The van der Waals surface area contributed by atoms with E-state index in [9.17, 15) is 5.11 Å². The molecular weight excluding hydrogens is 260 g/mol. The Kier molecular flexibility index (Phi) is 4.69. The van der Waals surface area contributed by atoms with Gasteiger partial charge in [0.2, 0.25) is 0 Å². The van der Waals surface area contributed by atoms with Gasteiger partial charge in [0.25, 0.3) is 0 Å². The van der Waals surface area contributed by atoms with Crippen LogP contribution in [0.3, 0.4) is 0 Å². The van der Waals surface area contributed by atoms with Gasteiger partial charge in [-0.1, -0.05) is 57.2 Å². The molecule has 1 atom stereocenters. The molecule has 0 aliphatic carbocycles. The van der Waals surface area contributed by atoms with E-state index >= 15 is 0 Å². The van der Waals surface area contributed by atoms with Gasteiger partial charge < -0.3 is 9.84 Å². The lowest BCUT2D eigenvalue weighted by Gasteiger charge is -2.20. The third kappa shape index (κ3) is 3.85. The minimum Gasteiger partial charge on any atom is -0.494 e. The van der Waals surface area contributed by atoms with Gasteiger partial charge in [-0.2, -0.15) is 0 Å². The van der Waals surface area contributed by atoms with Gasteiger partial charge in [-0.05, 0) is 41.2 Å². The van der Waals surface area contributed by atoms with Crippen LogP contribution in [0.1, 0.15) is 50.5 Å². The minimum absolute atomic E-state index is 0.123. The average Bonchev–Trinajstić information content (AvgIpc) is 2.46. The second-order valence-electron chi connectivity index (χ2n) is 6.28. The molecule has 0 heterocycles. The zero-order valence-corrected chi connectivity index (χ0v) is 13.3. The number of rotatable bonds is 4. The van der Waals surface area contributed by atoms with Gasteiger partial charge in [-0.15, -0.1) is 0 Å². The molecule has 21 heavy (non-hydrogen) atoms. The first-order valence-corrected chi connectivity index (χ1v) is 7.43. The van der Waals surface area contributed by atoms with Crippen LogP contribution < -0.4 is 4.74 Å². The van der Waals surface area contributed by atoms with Crippen molar-refractivity contribution < 1.29 is 9.84 Å². The molecule has 2 rings (SSSR count). The summed E-state index contributed by atoms with van der Waals surface area (Å²) in [6, 6.07) is 15.8. The van der Waals surface area contributed by atoms with Crippen LogP contribution in [0.2, 0.25) is 0 Å². The van der Waals surface area contributed by atoms with E-state index in [1.54, 1.807) is 0 Å². The van der Waals surface area contributed by atoms with Gasteiger partial charge in [0, 0.05) is 0 Å². The molecule has 0 fully saturated rings. The number of aliphatic hydroxyl groups excluding tert-OH is 1. The SMILES string of the molecule is CCOc1cccc(C(O)c2ccc(C(C)(C)C)cc2)c1. The zero-order valence-electron chi connectivity index (χ0n) is 13.3. The normalized spacial score (nSPS) is 13.0. The van der Waals surface area contributed by atoms with Crippen molar-refractivity contribution in [3.8, 4) is 5.75 Å². The Hall–Kier alpha value is -1.80. The fourth-order valence-corrected chi connectivity index (χ4v) is 2.30. The van der Waals surface area contributed by atoms with E-state index in [1.165, 1.54) is 5.56 Å². The van der Waals surface area contributed by atoms with Crippen LogP contribution in [0.25, 0.3) is 0 Å². The molecule has 2 aromatic carbocycles. The van der Waals surface area contributed by atoms with Crippen LogP contribution >= 0.6 is 0 Å². The highest BCUT2D eigenvalue weighted by Gasteiger charge is 2.15. The third-order valence-electron chi connectivity index (χ3n) is 3.58. The summed E-state index contributed by atoms with van der Waals surface area (Å²) in [4.78, 5) is 0. The molecular formula is C19H24O2. The molecule has 112 valence electrons. The molecule has 0 saturated carbocycles. The van der Waals surface area contributed by atoms with E-state index in [2.05, 4.69) is 32.9 Å². The summed E-state index contributed by atoms with van der Waals surface area (Å²) in [5.74, 6) is 0.792. The van der Waals surface area contributed by atoms with Gasteiger partial charge in [0.05, 0.1) is 6.61 Å². The molecule has 1 N–H and O–H groups in total. The van der Waals surface area contributed by atoms with E-state index < -0.39 is 6.10 Å². The summed E-state index contributed by atoms with van der Waals surface area (Å²) >= 11 is 0. The Morgan fingerprint density at radius 1 is 1.00 bits per heavy atom. The van der Waals surface area contributed by atoms with Crippen molar-refractivity contribution in [2.45, 2.75) is 39.2 Å². The van der Waals surface area contributed by atoms with Gasteiger partial charge in [0.1, 0.15) is 11.9 Å². The Bertz CT molecular complexity index is 579. The topological polar surface area (TPSA) is 29.5 Å². The van der Waals surface area contributed by atoms with E-state index in [4.69, 9.17) is 4.74 Å². The van der Waals surface area contributed by atoms with Crippen LogP contribution in [0.5, 0.6) is 5.75 Å². The summed E-state index contributed by atoms with van der Waals surface area (Å²) in [6.07, 6.45) is -0.626. The second kappa shape index (κ2) is 6.31. The molecule has 0 radical (unpaired) electrons. The molecule has 0 amide bonds. The highest BCUT2D eigenvalue weighted by atomic mass is 16.5. The van der Waals surface area contributed by atoms with Crippen LogP contribution in [0.15, 0.2) is 48.5 Å². The third-order valence-corrected chi connectivity index (χ3v) is 3.58. The molecule has 0 spiro atoms. The van der Waals surface area contributed by atoms with Crippen molar-refractivity contribution in [3.05, 3.63) is 65.2 Å². The largest absolute Gasteiger partial charge is 0.494 e. The molecule has 0 aliphatic rings. The minimum atomic E-state index is -0.626. The predicted octanol–water partition coefficient (Wildman–Crippen LogP) is 4.46. The fourth-order valence-electron chi connectivity index (χ4n) is 2.30. The number of hydrogen-bond acceptors (Lipinski definition) is 2. The maximum absolute atomic E-state index is 10.5. The van der Waals surface area contributed by atoms with E-state index in [1.807, 2.05) is 43.3 Å². The molecule has 0 saturated heterocycles. The van der Waals surface area contributed by atoms with E-state index in [0.717, 1.165) is 16.9 Å². The molecule has 2 aromatic rings. The monoisotopic (exact) mass is 284 g/mol. The zero-order chi connectivity index (χ0) is 15.5. The molecule has 0 bridgehead atoms. The van der Waals surface area contributed by atoms with Crippen molar-refractivity contribution in [2.24, 2.45) is 0 Å². The average molecular weight is 284 g/mol. The number of ether oxygens (including phenoxy) is 1. The standard InChI is InChI=1S/C19H24O2/c1-5-21-17-8-6-7-15(13-17)18(20)14-9-11-16(12-10-14)19(2,3)4/h6-13,18,20H,5H2,1-4H3. The lowest BCUT2D eigenvalue weighted by atomic mass is 9.86. The van der Waals surface area contributed by atoms with Crippen LogP contribution in [0.4, 0.5) is 0 Å². The smallest absolute Gasteiger partial charge is 0.119 e. The Morgan fingerprint density at radius 2 is 1.67 bits per heavy atom. The molecule has 1 unspecified atom stereocenters. The second-order valence-corrected chi connectivity index (χ2v) is 6.28. The number of benzene rings is 2. The van der Waals surface area contributed by atoms with Crippen LogP contribution in [-0.2, 0) is 5.41 Å². The fraction of sp³-hybridized carbons (Fsp3) is 0.368. The Balaban J connectivity index is 2.23. The van der Waals surface area contributed by atoms with E-state index in [0.29, 0.717) is 6.61 Å². The molecule has 2 nitrogen and oxygen atoms in total. The van der Waals surface area contributed by atoms with Crippen LogP contribution in [-0.4, -0.2) is 11.7 Å². The van der Waals surface area contributed by atoms with Crippen molar-refractivity contribution in [1.29, 1.82) is 0 Å². The summed E-state index contributed by atoms with van der Waals surface area (Å²) < 4.78 is 5.49. The van der Waals surface area contributed by atoms with Gasteiger partial charge in [-0.3, -0.25) is 0 Å². The van der Waals surface area contributed by atoms with E-state index in [-0.39, 0.29) is 5.41 Å². The summed E-state index contributed by atoms with van der Waals surface area (Å²) in [5.41, 5.74) is 3.14. The summed E-state index contributed by atoms with van der Waals surface area (Å²) in [6.45, 7) is 9.13. The maximum Gasteiger partial charge on any atom is 0.119 e. The molecule has 0 aromatic heterocycles. The highest BCUT2D eigenvalue weighted by molar-refractivity contribution is 5.37. The number of hydrogen-bond donors (Lipinski definition) is 1.